The standard InChI is InChI=1S/C14H13N3O2S/c1-10-6-8-11(9-7-10)20(18,19)17-14-12-4-2-3-5-13(12)15-16-14/h2-9H,1H3,(H2,15,16,17). The summed E-state index contributed by atoms with van der Waals surface area (Å²) < 4.78 is 27.1. The van der Waals surface area contributed by atoms with Gasteiger partial charge in [-0.1, -0.05) is 29.8 Å². The SMILES string of the molecule is Cc1ccc(S(=O)(=O)Nc2n[nH]c3ccccc23)cc1. The predicted molar refractivity (Wildman–Crippen MR) is 78.1 cm³/mol. The molecule has 0 spiro atoms. The number of aromatic nitrogens is 2. The van der Waals surface area contributed by atoms with Gasteiger partial charge in [-0.25, -0.2) is 8.42 Å². The lowest BCUT2D eigenvalue weighted by atomic mass is 10.2. The van der Waals surface area contributed by atoms with Gasteiger partial charge in [0.25, 0.3) is 10.0 Å². The molecule has 6 heteroatoms. The Morgan fingerprint density at radius 2 is 1.75 bits per heavy atom. The van der Waals surface area contributed by atoms with Gasteiger partial charge in [0.05, 0.1) is 10.4 Å². The van der Waals surface area contributed by atoms with Crippen molar-refractivity contribution in [3.8, 4) is 0 Å². The summed E-state index contributed by atoms with van der Waals surface area (Å²) >= 11 is 0. The zero-order valence-electron chi connectivity index (χ0n) is 10.8. The van der Waals surface area contributed by atoms with Gasteiger partial charge in [-0.15, -0.1) is 0 Å². The number of fused-ring (bicyclic) bond motifs is 1. The van der Waals surface area contributed by atoms with Crippen LogP contribution in [-0.2, 0) is 10.0 Å². The van der Waals surface area contributed by atoms with Crippen LogP contribution in [0.4, 0.5) is 5.82 Å². The number of rotatable bonds is 3. The molecule has 0 aliphatic carbocycles. The number of aryl methyl sites for hydroxylation is 1. The molecule has 0 aliphatic heterocycles. The maximum absolute atomic E-state index is 12.3. The van der Waals surface area contributed by atoms with Gasteiger partial charge in [0.1, 0.15) is 0 Å². The van der Waals surface area contributed by atoms with Crippen LogP contribution < -0.4 is 4.72 Å². The van der Waals surface area contributed by atoms with Crippen molar-refractivity contribution in [1.29, 1.82) is 0 Å². The molecule has 20 heavy (non-hydrogen) atoms. The minimum absolute atomic E-state index is 0.218. The summed E-state index contributed by atoms with van der Waals surface area (Å²) in [6.45, 7) is 1.91. The van der Waals surface area contributed by atoms with Crippen LogP contribution in [0.3, 0.4) is 0 Å². The highest BCUT2D eigenvalue weighted by Crippen LogP contribution is 2.22. The number of hydrogen-bond donors (Lipinski definition) is 2. The second kappa shape index (κ2) is 4.64. The summed E-state index contributed by atoms with van der Waals surface area (Å²) in [5.41, 5.74) is 1.79. The highest BCUT2D eigenvalue weighted by molar-refractivity contribution is 7.92. The van der Waals surface area contributed by atoms with Gasteiger partial charge in [0, 0.05) is 5.39 Å². The Hall–Kier alpha value is -2.34. The highest BCUT2D eigenvalue weighted by atomic mass is 32.2. The van der Waals surface area contributed by atoms with Crippen LogP contribution in [-0.4, -0.2) is 18.6 Å². The molecule has 0 saturated carbocycles. The summed E-state index contributed by atoms with van der Waals surface area (Å²) in [5, 5.41) is 7.54. The summed E-state index contributed by atoms with van der Waals surface area (Å²) in [6, 6.07) is 14.0. The highest BCUT2D eigenvalue weighted by Gasteiger charge is 2.16. The summed E-state index contributed by atoms with van der Waals surface area (Å²) in [4.78, 5) is 0.218. The number of nitrogens with one attached hydrogen (secondary N) is 2. The van der Waals surface area contributed by atoms with Crippen LogP contribution in [0.2, 0.25) is 0 Å². The molecule has 2 aromatic carbocycles. The van der Waals surface area contributed by atoms with Crippen molar-refractivity contribution in [3.63, 3.8) is 0 Å². The average molecular weight is 287 g/mol. The molecule has 0 unspecified atom stereocenters. The van der Waals surface area contributed by atoms with E-state index in [2.05, 4.69) is 14.9 Å². The molecular weight excluding hydrogens is 274 g/mol. The number of para-hydroxylation sites is 1. The lowest BCUT2D eigenvalue weighted by Crippen LogP contribution is -2.13. The van der Waals surface area contributed by atoms with E-state index in [0.717, 1.165) is 16.5 Å². The molecule has 2 N–H and O–H groups in total. The van der Waals surface area contributed by atoms with Gasteiger partial charge >= 0.3 is 0 Å². The molecular formula is C14H13N3O2S. The summed E-state index contributed by atoms with van der Waals surface area (Å²) in [5.74, 6) is 0.307. The fourth-order valence-corrected chi connectivity index (χ4v) is 2.97. The smallest absolute Gasteiger partial charge is 0.263 e. The van der Waals surface area contributed by atoms with Crippen molar-refractivity contribution in [2.45, 2.75) is 11.8 Å². The fraction of sp³-hybridized carbons (Fsp3) is 0.0714. The third kappa shape index (κ3) is 2.25. The lowest BCUT2D eigenvalue weighted by Gasteiger charge is -2.06. The number of sulfonamides is 1. The van der Waals surface area contributed by atoms with E-state index in [-0.39, 0.29) is 4.90 Å². The average Bonchev–Trinajstić information content (AvgIpc) is 2.82. The lowest BCUT2D eigenvalue weighted by molar-refractivity contribution is 0.601. The number of aromatic amines is 1. The predicted octanol–water partition coefficient (Wildman–Crippen LogP) is 2.67. The number of H-pyrrole nitrogens is 1. The largest absolute Gasteiger partial charge is 0.276 e. The molecule has 0 aliphatic rings. The van der Waals surface area contributed by atoms with Gasteiger partial charge in [-0.2, -0.15) is 5.10 Å². The van der Waals surface area contributed by atoms with Crippen LogP contribution >= 0.6 is 0 Å². The van der Waals surface area contributed by atoms with Crippen molar-refractivity contribution < 1.29 is 8.42 Å². The first-order valence-corrected chi connectivity index (χ1v) is 7.57. The van der Waals surface area contributed by atoms with Crippen LogP contribution in [0.25, 0.3) is 10.9 Å². The second-order valence-electron chi connectivity index (χ2n) is 4.54. The Bertz CT molecular complexity index is 852. The molecule has 5 nitrogen and oxygen atoms in total. The molecule has 102 valence electrons. The normalized spacial score (nSPS) is 11.7. The Morgan fingerprint density at radius 1 is 1.05 bits per heavy atom. The Kier molecular flexibility index (Phi) is 2.94. The molecule has 0 bridgehead atoms. The Morgan fingerprint density at radius 3 is 2.50 bits per heavy atom. The van der Waals surface area contributed by atoms with Crippen LogP contribution in [0.15, 0.2) is 53.4 Å². The van der Waals surface area contributed by atoms with Crippen LogP contribution in [0.1, 0.15) is 5.56 Å². The molecule has 0 fully saturated rings. The zero-order chi connectivity index (χ0) is 14.2. The van der Waals surface area contributed by atoms with Crippen molar-refractivity contribution in [3.05, 3.63) is 54.1 Å². The Balaban J connectivity index is 1.99. The van der Waals surface area contributed by atoms with Crippen LogP contribution in [0, 0.1) is 6.92 Å². The van der Waals surface area contributed by atoms with Gasteiger partial charge in [-0.05, 0) is 31.2 Å². The van der Waals surface area contributed by atoms with E-state index in [1.807, 2.05) is 31.2 Å². The van der Waals surface area contributed by atoms with E-state index in [1.54, 1.807) is 24.3 Å². The molecule has 0 saturated heterocycles. The van der Waals surface area contributed by atoms with Gasteiger partial charge in [0.15, 0.2) is 5.82 Å². The molecule has 1 aromatic heterocycles. The Labute approximate surface area is 116 Å². The first kappa shape index (κ1) is 12.7. The molecule has 1 heterocycles. The third-order valence-corrected chi connectivity index (χ3v) is 4.39. The zero-order valence-corrected chi connectivity index (χ0v) is 11.6. The van der Waals surface area contributed by atoms with Gasteiger partial charge in [-0.3, -0.25) is 9.82 Å². The first-order chi connectivity index (χ1) is 9.56. The van der Waals surface area contributed by atoms with E-state index >= 15 is 0 Å². The van der Waals surface area contributed by atoms with Gasteiger partial charge < -0.3 is 0 Å². The molecule has 0 radical (unpaired) electrons. The summed E-state index contributed by atoms with van der Waals surface area (Å²) in [6.07, 6.45) is 0. The van der Waals surface area contributed by atoms with E-state index in [1.165, 1.54) is 0 Å². The summed E-state index contributed by atoms with van der Waals surface area (Å²) in [7, 11) is -3.62. The van der Waals surface area contributed by atoms with Crippen molar-refractivity contribution in [2.24, 2.45) is 0 Å². The molecule has 3 rings (SSSR count). The van der Waals surface area contributed by atoms with E-state index in [9.17, 15) is 8.42 Å². The quantitative estimate of drug-likeness (QED) is 0.777. The topological polar surface area (TPSA) is 74.8 Å². The number of nitrogens with zero attached hydrogens (tertiary/aromatic N) is 1. The fourth-order valence-electron chi connectivity index (χ4n) is 1.94. The van der Waals surface area contributed by atoms with E-state index in [0.29, 0.717) is 5.82 Å². The minimum Gasteiger partial charge on any atom is -0.276 e. The monoisotopic (exact) mass is 287 g/mol. The second-order valence-corrected chi connectivity index (χ2v) is 6.22. The van der Waals surface area contributed by atoms with Crippen molar-refractivity contribution in [2.75, 3.05) is 4.72 Å². The third-order valence-electron chi connectivity index (χ3n) is 3.03. The first-order valence-electron chi connectivity index (χ1n) is 6.09. The maximum atomic E-state index is 12.3. The number of hydrogen-bond acceptors (Lipinski definition) is 3. The minimum atomic E-state index is -3.62. The van der Waals surface area contributed by atoms with E-state index in [4.69, 9.17) is 0 Å². The number of benzene rings is 2. The van der Waals surface area contributed by atoms with E-state index < -0.39 is 10.0 Å². The number of anilines is 1. The molecule has 3 aromatic rings. The van der Waals surface area contributed by atoms with Crippen molar-refractivity contribution in [1.82, 2.24) is 10.2 Å². The van der Waals surface area contributed by atoms with Gasteiger partial charge in [0.2, 0.25) is 0 Å². The molecule has 0 amide bonds. The van der Waals surface area contributed by atoms with Crippen LogP contribution in [0.5, 0.6) is 0 Å². The maximum Gasteiger partial charge on any atom is 0.263 e. The molecule has 0 atom stereocenters. The van der Waals surface area contributed by atoms with Crippen molar-refractivity contribution >= 4 is 26.7 Å².